The molecule has 1 aliphatic rings. The lowest BCUT2D eigenvalue weighted by Gasteiger charge is -2.26. The van der Waals surface area contributed by atoms with Gasteiger partial charge in [0, 0.05) is 21.6 Å². The van der Waals surface area contributed by atoms with Crippen LogP contribution in [0.25, 0.3) is 10.9 Å². The van der Waals surface area contributed by atoms with Gasteiger partial charge in [-0.05, 0) is 54.4 Å². The van der Waals surface area contributed by atoms with Crippen LogP contribution in [0.5, 0.6) is 0 Å². The Hall–Kier alpha value is -1.95. The fourth-order valence-electron chi connectivity index (χ4n) is 3.09. The third kappa shape index (κ3) is 2.79. The molecule has 126 valence electrons. The Bertz CT molecular complexity index is 821. The monoisotopic (exact) mass is 390 g/mol. The first kappa shape index (κ1) is 16.9. The van der Waals surface area contributed by atoms with E-state index in [0.717, 1.165) is 33.1 Å². The highest BCUT2D eigenvalue weighted by Gasteiger charge is 2.51. The first-order valence-corrected chi connectivity index (χ1v) is 8.77. The summed E-state index contributed by atoms with van der Waals surface area (Å²) in [6, 6.07) is 7.94. The topological polar surface area (TPSA) is 60.8 Å². The zero-order valence-electron chi connectivity index (χ0n) is 13.9. The maximum atomic E-state index is 12.3. The number of fused-ring (bicyclic) bond motifs is 1. The van der Waals surface area contributed by atoms with Gasteiger partial charge in [0.2, 0.25) is 5.60 Å². The zero-order chi connectivity index (χ0) is 17.3. The SMILES string of the molecule is CCOC(=O)C1(C)ON=C(c2ccc3ncc(Br)cc3c2)C1CC. The summed E-state index contributed by atoms with van der Waals surface area (Å²) < 4.78 is 6.09. The van der Waals surface area contributed by atoms with Gasteiger partial charge in [-0.25, -0.2) is 4.79 Å². The van der Waals surface area contributed by atoms with Crippen molar-refractivity contribution in [2.24, 2.45) is 11.1 Å². The molecule has 2 atom stereocenters. The van der Waals surface area contributed by atoms with E-state index in [0.29, 0.717) is 6.61 Å². The van der Waals surface area contributed by atoms with E-state index >= 15 is 0 Å². The number of ether oxygens (including phenoxy) is 1. The molecule has 1 aromatic heterocycles. The number of pyridine rings is 1. The molecule has 2 unspecified atom stereocenters. The second-order valence-corrected chi connectivity index (χ2v) is 6.83. The molecule has 2 heterocycles. The highest BCUT2D eigenvalue weighted by atomic mass is 79.9. The van der Waals surface area contributed by atoms with Gasteiger partial charge < -0.3 is 9.57 Å². The summed E-state index contributed by atoms with van der Waals surface area (Å²) in [5.74, 6) is -0.532. The molecule has 3 rings (SSSR count). The number of hydrogen-bond donors (Lipinski definition) is 0. The number of benzene rings is 1. The molecule has 0 saturated heterocycles. The van der Waals surface area contributed by atoms with Crippen molar-refractivity contribution in [3.63, 3.8) is 0 Å². The predicted octanol–water partition coefficient (Wildman–Crippen LogP) is 4.08. The zero-order valence-corrected chi connectivity index (χ0v) is 15.5. The number of carbonyl (C=O) groups excluding carboxylic acids is 1. The van der Waals surface area contributed by atoms with Crippen molar-refractivity contribution in [1.29, 1.82) is 0 Å². The maximum Gasteiger partial charge on any atom is 0.353 e. The molecule has 0 spiro atoms. The highest BCUT2D eigenvalue weighted by Crippen LogP contribution is 2.36. The van der Waals surface area contributed by atoms with Gasteiger partial charge >= 0.3 is 5.97 Å². The second kappa shape index (κ2) is 6.51. The van der Waals surface area contributed by atoms with Crippen molar-refractivity contribution in [1.82, 2.24) is 4.98 Å². The quantitative estimate of drug-likeness (QED) is 0.737. The number of rotatable bonds is 4. The van der Waals surface area contributed by atoms with Crippen LogP contribution in [0.4, 0.5) is 0 Å². The lowest BCUT2D eigenvalue weighted by atomic mass is 9.81. The average molecular weight is 391 g/mol. The van der Waals surface area contributed by atoms with Gasteiger partial charge in [0.05, 0.1) is 23.8 Å². The van der Waals surface area contributed by atoms with Gasteiger partial charge in [-0.1, -0.05) is 18.1 Å². The van der Waals surface area contributed by atoms with Crippen molar-refractivity contribution >= 4 is 38.5 Å². The van der Waals surface area contributed by atoms with E-state index < -0.39 is 5.60 Å². The van der Waals surface area contributed by atoms with Crippen LogP contribution in [-0.4, -0.2) is 28.9 Å². The van der Waals surface area contributed by atoms with E-state index in [2.05, 4.69) is 26.1 Å². The summed E-state index contributed by atoms with van der Waals surface area (Å²) in [7, 11) is 0. The van der Waals surface area contributed by atoms with E-state index in [1.165, 1.54) is 0 Å². The van der Waals surface area contributed by atoms with Crippen LogP contribution in [0.15, 0.2) is 40.1 Å². The molecular formula is C18H19BrN2O3. The summed E-state index contributed by atoms with van der Waals surface area (Å²) in [6.45, 7) is 5.87. The smallest absolute Gasteiger partial charge is 0.353 e. The molecule has 0 aliphatic carbocycles. The van der Waals surface area contributed by atoms with Crippen LogP contribution < -0.4 is 0 Å². The second-order valence-electron chi connectivity index (χ2n) is 5.92. The molecule has 0 amide bonds. The molecule has 1 aromatic carbocycles. The predicted molar refractivity (Wildman–Crippen MR) is 95.9 cm³/mol. The van der Waals surface area contributed by atoms with Crippen molar-refractivity contribution < 1.29 is 14.4 Å². The van der Waals surface area contributed by atoms with Crippen molar-refractivity contribution in [2.75, 3.05) is 6.61 Å². The van der Waals surface area contributed by atoms with E-state index in [1.54, 1.807) is 20.0 Å². The van der Waals surface area contributed by atoms with Gasteiger partial charge in [0.15, 0.2) is 0 Å². The van der Waals surface area contributed by atoms with Crippen molar-refractivity contribution in [2.45, 2.75) is 32.8 Å². The number of hydrogen-bond acceptors (Lipinski definition) is 5. The third-order valence-corrected chi connectivity index (χ3v) is 4.79. The summed E-state index contributed by atoms with van der Waals surface area (Å²) >= 11 is 3.44. The van der Waals surface area contributed by atoms with Crippen LogP contribution in [0.1, 0.15) is 32.8 Å². The van der Waals surface area contributed by atoms with Crippen molar-refractivity contribution in [3.8, 4) is 0 Å². The summed E-state index contributed by atoms with van der Waals surface area (Å²) in [6.07, 6.45) is 2.49. The Balaban J connectivity index is 1.99. The molecule has 6 heteroatoms. The number of oxime groups is 1. The number of halogens is 1. The first-order chi connectivity index (χ1) is 11.5. The molecule has 2 aromatic rings. The normalized spacial score (nSPS) is 23.0. The van der Waals surface area contributed by atoms with Gasteiger partial charge in [0.1, 0.15) is 0 Å². The Labute approximate surface area is 149 Å². The largest absolute Gasteiger partial charge is 0.463 e. The van der Waals surface area contributed by atoms with Crippen LogP contribution in [0, 0.1) is 5.92 Å². The van der Waals surface area contributed by atoms with Gasteiger partial charge in [0.25, 0.3) is 0 Å². The molecule has 0 bridgehead atoms. The van der Waals surface area contributed by atoms with Crippen molar-refractivity contribution in [3.05, 3.63) is 40.5 Å². The average Bonchev–Trinajstić information content (AvgIpc) is 2.92. The number of nitrogens with zero attached hydrogens (tertiary/aromatic N) is 2. The lowest BCUT2D eigenvalue weighted by molar-refractivity contribution is -0.170. The molecule has 5 nitrogen and oxygen atoms in total. The van der Waals surface area contributed by atoms with Crippen LogP contribution >= 0.6 is 15.9 Å². The molecule has 0 fully saturated rings. The Morgan fingerprint density at radius 2 is 2.17 bits per heavy atom. The van der Waals surface area contributed by atoms with Crippen LogP contribution in [0.2, 0.25) is 0 Å². The van der Waals surface area contributed by atoms with E-state index in [1.807, 2.05) is 31.2 Å². The summed E-state index contributed by atoms with van der Waals surface area (Å²) in [5.41, 5.74) is 1.53. The minimum absolute atomic E-state index is 0.158. The Morgan fingerprint density at radius 3 is 2.88 bits per heavy atom. The van der Waals surface area contributed by atoms with Crippen LogP contribution in [-0.2, 0) is 14.4 Å². The highest BCUT2D eigenvalue weighted by molar-refractivity contribution is 9.10. The third-order valence-electron chi connectivity index (χ3n) is 4.36. The number of esters is 1. The fourth-order valence-corrected chi connectivity index (χ4v) is 3.44. The van der Waals surface area contributed by atoms with E-state index in [-0.39, 0.29) is 11.9 Å². The number of carbonyl (C=O) groups is 1. The number of aromatic nitrogens is 1. The molecule has 1 aliphatic heterocycles. The lowest BCUT2D eigenvalue weighted by Crippen LogP contribution is -2.45. The first-order valence-electron chi connectivity index (χ1n) is 7.98. The Kier molecular flexibility index (Phi) is 4.58. The van der Waals surface area contributed by atoms with Crippen LogP contribution in [0.3, 0.4) is 0 Å². The van der Waals surface area contributed by atoms with Gasteiger partial charge in [-0.3, -0.25) is 4.98 Å². The molecule has 0 N–H and O–H groups in total. The Morgan fingerprint density at radius 1 is 1.38 bits per heavy atom. The van der Waals surface area contributed by atoms with E-state index in [9.17, 15) is 4.79 Å². The fraction of sp³-hybridized carbons (Fsp3) is 0.389. The minimum Gasteiger partial charge on any atom is -0.463 e. The molecule has 0 saturated carbocycles. The van der Waals surface area contributed by atoms with E-state index in [4.69, 9.17) is 9.57 Å². The van der Waals surface area contributed by atoms with Gasteiger partial charge in [-0.2, -0.15) is 0 Å². The summed E-state index contributed by atoms with van der Waals surface area (Å²) in [4.78, 5) is 22.3. The standard InChI is InChI=1S/C18H19BrN2O3/c1-4-14-16(21-24-18(14,3)17(22)23-5-2)11-6-7-15-12(8-11)9-13(19)10-20-15/h6-10,14H,4-5H2,1-3H3. The maximum absolute atomic E-state index is 12.3. The molecule has 0 radical (unpaired) electrons. The minimum atomic E-state index is -1.08. The molecule has 24 heavy (non-hydrogen) atoms. The van der Waals surface area contributed by atoms with Gasteiger partial charge in [-0.15, -0.1) is 0 Å². The molecular weight excluding hydrogens is 372 g/mol. The summed E-state index contributed by atoms with van der Waals surface area (Å²) in [5, 5.41) is 5.23.